The Morgan fingerprint density at radius 3 is 2.54 bits per heavy atom. The molecule has 2 aromatic heterocycles. The lowest BCUT2D eigenvalue weighted by Gasteiger charge is -2.07. The summed E-state index contributed by atoms with van der Waals surface area (Å²) in [6, 6.07) is 17.4. The van der Waals surface area contributed by atoms with Gasteiger partial charge in [-0.3, -0.25) is 0 Å². The summed E-state index contributed by atoms with van der Waals surface area (Å²) in [7, 11) is 0. The van der Waals surface area contributed by atoms with E-state index in [9.17, 15) is 15.0 Å². The van der Waals surface area contributed by atoms with Gasteiger partial charge in [-0.1, -0.05) is 48.5 Å². The summed E-state index contributed by atoms with van der Waals surface area (Å²) >= 11 is 1.23. The highest BCUT2D eigenvalue weighted by Crippen LogP contribution is 2.34. The van der Waals surface area contributed by atoms with Crippen LogP contribution in [0.2, 0.25) is 0 Å². The Bertz CT molecular complexity index is 1150. The fraction of sp³-hybridized carbons (Fsp3) is 0.0952. The average molecular weight is 391 g/mol. The van der Waals surface area contributed by atoms with Crippen molar-refractivity contribution in [3.05, 3.63) is 76.8 Å². The van der Waals surface area contributed by atoms with Gasteiger partial charge < -0.3 is 10.2 Å². The van der Waals surface area contributed by atoms with Gasteiger partial charge in [0.15, 0.2) is 5.69 Å². The minimum atomic E-state index is -1.07. The quantitative estimate of drug-likeness (QED) is 0.533. The fourth-order valence-electron chi connectivity index (χ4n) is 3.12. The van der Waals surface area contributed by atoms with E-state index in [0.717, 1.165) is 33.6 Å². The van der Waals surface area contributed by atoms with Crippen molar-refractivity contribution in [2.75, 3.05) is 0 Å². The molecule has 0 saturated heterocycles. The Morgan fingerprint density at radius 1 is 1.11 bits per heavy atom. The number of rotatable bonds is 5. The third-order valence-corrected chi connectivity index (χ3v) is 5.26. The lowest BCUT2D eigenvalue weighted by atomic mass is 10.0. The summed E-state index contributed by atoms with van der Waals surface area (Å²) in [6.07, 6.45) is 0. The molecule has 0 atom stereocenters. The molecule has 0 aliphatic rings. The molecule has 2 N–H and O–H groups in total. The third-order valence-electron chi connectivity index (χ3n) is 4.44. The summed E-state index contributed by atoms with van der Waals surface area (Å²) in [5.41, 5.74) is 5.20. The van der Waals surface area contributed by atoms with E-state index in [1.165, 1.54) is 16.7 Å². The molecule has 2 heterocycles. The molecule has 0 spiro atoms. The van der Waals surface area contributed by atoms with Crippen LogP contribution in [0.1, 0.15) is 21.6 Å². The van der Waals surface area contributed by atoms with Crippen LogP contribution in [0.15, 0.2) is 60.0 Å². The smallest absolute Gasteiger partial charge is 0.355 e. The van der Waals surface area contributed by atoms with Crippen molar-refractivity contribution in [2.45, 2.75) is 13.5 Å². The summed E-state index contributed by atoms with van der Waals surface area (Å²) in [5.74, 6) is -1.07. The van der Waals surface area contributed by atoms with Crippen molar-refractivity contribution in [2.24, 2.45) is 0 Å². The predicted molar refractivity (Wildman–Crippen MR) is 108 cm³/mol. The molecule has 4 aromatic rings. The minimum Gasteiger partial charge on any atom is -0.476 e. The number of hydrogen-bond acceptors (Lipinski definition) is 5. The van der Waals surface area contributed by atoms with Crippen LogP contribution in [-0.4, -0.2) is 30.9 Å². The predicted octanol–water partition coefficient (Wildman–Crippen LogP) is 4.16. The van der Waals surface area contributed by atoms with Gasteiger partial charge in [0.2, 0.25) is 5.13 Å². The molecular weight excluding hydrogens is 374 g/mol. The molecule has 0 saturated carbocycles. The largest absolute Gasteiger partial charge is 0.476 e. The molecular formula is C21H17N3O3S. The maximum atomic E-state index is 11.3. The maximum Gasteiger partial charge on any atom is 0.355 e. The Morgan fingerprint density at radius 2 is 1.86 bits per heavy atom. The summed E-state index contributed by atoms with van der Waals surface area (Å²) in [6.45, 7) is 1.92. The van der Waals surface area contributed by atoms with Crippen LogP contribution in [0.5, 0.6) is 0 Å². The standard InChI is InChI=1S/C21H17N3O3S/c1-13-18(15-7-3-2-4-8-15)23-24(21-22-17(12-28-21)20(26)27)19(13)16-9-5-6-14(10-16)11-25/h2-10,12,25H,11H2,1H3,(H,26,27). The van der Waals surface area contributed by atoms with Crippen LogP contribution in [0.3, 0.4) is 0 Å². The highest BCUT2D eigenvalue weighted by Gasteiger charge is 2.21. The van der Waals surface area contributed by atoms with Crippen molar-refractivity contribution in [3.63, 3.8) is 0 Å². The topological polar surface area (TPSA) is 88.2 Å². The van der Waals surface area contributed by atoms with Crippen molar-refractivity contribution < 1.29 is 15.0 Å². The number of aliphatic hydroxyl groups excluding tert-OH is 1. The molecule has 28 heavy (non-hydrogen) atoms. The second kappa shape index (κ2) is 7.38. The lowest BCUT2D eigenvalue weighted by Crippen LogP contribution is -2.02. The van der Waals surface area contributed by atoms with Gasteiger partial charge in [0, 0.05) is 22.1 Å². The van der Waals surface area contributed by atoms with Gasteiger partial charge in [-0.2, -0.15) is 5.10 Å². The van der Waals surface area contributed by atoms with E-state index in [1.54, 1.807) is 4.68 Å². The van der Waals surface area contributed by atoms with Crippen LogP contribution >= 0.6 is 11.3 Å². The first-order valence-electron chi connectivity index (χ1n) is 8.63. The zero-order chi connectivity index (χ0) is 19.7. The van der Waals surface area contributed by atoms with Crippen molar-refractivity contribution in [1.82, 2.24) is 14.8 Å². The SMILES string of the molecule is Cc1c(-c2ccccc2)nn(-c2nc(C(=O)O)cs2)c1-c1cccc(CO)c1. The highest BCUT2D eigenvalue weighted by atomic mass is 32.1. The summed E-state index contributed by atoms with van der Waals surface area (Å²) in [4.78, 5) is 15.5. The fourth-order valence-corrected chi connectivity index (χ4v) is 3.87. The van der Waals surface area contributed by atoms with Gasteiger partial charge in [0.05, 0.1) is 18.0 Å². The first-order chi connectivity index (χ1) is 13.6. The second-order valence-corrected chi connectivity index (χ2v) is 7.12. The van der Waals surface area contributed by atoms with Crippen LogP contribution < -0.4 is 0 Å². The Hall–Kier alpha value is -3.29. The molecule has 0 radical (unpaired) electrons. The van der Waals surface area contributed by atoms with Gasteiger partial charge in [-0.25, -0.2) is 14.5 Å². The Balaban J connectivity index is 1.96. The number of aliphatic hydroxyl groups is 1. The number of nitrogens with zero attached hydrogens (tertiary/aromatic N) is 3. The van der Waals surface area contributed by atoms with E-state index in [0.29, 0.717) is 5.13 Å². The normalized spacial score (nSPS) is 10.9. The van der Waals surface area contributed by atoms with Crippen LogP contribution in [0, 0.1) is 6.92 Å². The van der Waals surface area contributed by atoms with E-state index < -0.39 is 5.97 Å². The number of hydrogen-bond donors (Lipinski definition) is 2. The van der Waals surface area contributed by atoms with Gasteiger partial charge in [-0.05, 0) is 18.6 Å². The second-order valence-electron chi connectivity index (χ2n) is 6.28. The number of thiazole rings is 1. The first-order valence-corrected chi connectivity index (χ1v) is 9.51. The first kappa shape index (κ1) is 18.1. The third kappa shape index (κ3) is 3.21. The minimum absolute atomic E-state index is 0.00975. The summed E-state index contributed by atoms with van der Waals surface area (Å²) in [5, 5.41) is 25.5. The molecule has 4 rings (SSSR count). The van der Waals surface area contributed by atoms with Gasteiger partial charge in [0.1, 0.15) is 0 Å². The van der Waals surface area contributed by atoms with Crippen molar-refractivity contribution >= 4 is 17.3 Å². The number of carboxylic acids is 1. The Labute approximate surface area is 165 Å². The maximum absolute atomic E-state index is 11.3. The number of carboxylic acid groups (broad SMARTS) is 1. The number of aromatic carboxylic acids is 1. The summed E-state index contributed by atoms with van der Waals surface area (Å²) < 4.78 is 1.69. The number of aromatic nitrogens is 3. The van der Waals surface area contributed by atoms with E-state index in [2.05, 4.69) is 4.98 Å². The van der Waals surface area contributed by atoms with E-state index in [-0.39, 0.29) is 12.3 Å². The van der Waals surface area contributed by atoms with Gasteiger partial charge >= 0.3 is 5.97 Å². The molecule has 0 aliphatic carbocycles. The van der Waals surface area contributed by atoms with Crippen LogP contribution in [0.4, 0.5) is 0 Å². The molecule has 0 bridgehead atoms. The van der Waals surface area contributed by atoms with Crippen LogP contribution in [-0.2, 0) is 6.61 Å². The molecule has 0 unspecified atom stereocenters. The van der Waals surface area contributed by atoms with E-state index in [4.69, 9.17) is 5.10 Å². The van der Waals surface area contributed by atoms with Gasteiger partial charge in [-0.15, -0.1) is 11.3 Å². The van der Waals surface area contributed by atoms with E-state index in [1.807, 2.05) is 61.5 Å². The highest BCUT2D eigenvalue weighted by molar-refractivity contribution is 7.12. The Kier molecular flexibility index (Phi) is 4.77. The molecule has 0 amide bonds. The number of benzene rings is 2. The molecule has 0 aliphatic heterocycles. The molecule has 6 nitrogen and oxygen atoms in total. The van der Waals surface area contributed by atoms with Crippen molar-refractivity contribution in [3.8, 4) is 27.6 Å². The molecule has 140 valence electrons. The zero-order valence-electron chi connectivity index (χ0n) is 15.0. The van der Waals surface area contributed by atoms with Crippen molar-refractivity contribution in [1.29, 1.82) is 0 Å². The van der Waals surface area contributed by atoms with Gasteiger partial charge in [0.25, 0.3) is 0 Å². The molecule has 2 aromatic carbocycles. The zero-order valence-corrected chi connectivity index (χ0v) is 15.8. The van der Waals surface area contributed by atoms with E-state index >= 15 is 0 Å². The van der Waals surface area contributed by atoms with Crippen LogP contribution in [0.25, 0.3) is 27.6 Å². The molecule has 0 fully saturated rings. The lowest BCUT2D eigenvalue weighted by molar-refractivity contribution is 0.0691. The number of carbonyl (C=O) groups is 1. The molecule has 7 heteroatoms. The monoisotopic (exact) mass is 391 g/mol. The average Bonchev–Trinajstić information content (AvgIpc) is 3.33.